The van der Waals surface area contributed by atoms with E-state index >= 15 is 0 Å². The number of rotatable bonds is 7. The minimum atomic E-state index is -0.647. The molecule has 0 saturated carbocycles. The zero-order valence-electron chi connectivity index (χ0n) is 14.9. The van der Waals surface area contributed by atoms with Gasteiger partial charge < -0.3 is 11.5 Å². The van der Waals surface area contributed by atoms with Crippen LogP contribution < -0.4 is 11.5 Å². The van der Waals surface area contributed by atoms with Gasteiger partial charge in [-0.2, -0.15) is 0 Å². The Morgan fingerprint density at radius 3 is 1.62 bits per heavy atom. The Labute approximate surface area is 174 Å². The lowest BCUT2D eigenvalue weighted by atomic mass is 10.2. The second-order valence-electron chi connectivity index (χ2n) is 5.96. The van der Waals surface area contributed by atoms with Gasteiger partial charge in [-0.05, 0) is 54.6 Å². The fourth-order valence-corrected chi connectivity index (χ4v) is 5.09. The maximum Gasteiger partial charge on any atom is 0.281 e. The summed E-state index contributed by atoms with van der Waals surface area (Å²) in [6, 6.07) is 18.0. The van der Waals surface area contributed by atoms with Gasteiger partial charge in [-0.1, -0.05) is 0 Å². The van der Waals surface area contributed by atoms with Crippen LogP contribution >= 0.6 is 23.5 Å². The van der Waals surface area contributed by atoms with Crippen molar-refractivity contribution in [1.29, 1.82) is 0 Å². The number of benzene rings is 3. The van der Waals surface area contributed by atoms with E-state index in [0.717, 1.165) is 15.9 Å². The highest BCUT2D eigenvalue weighted by Crippen LogP contribution is 2.50. The molecule has 0 fully saturated rings. The van der Waals surface area contributed by atoms with E-state index in [9.17, 15) is 20.2 Å². The first kappa shape index (κ1) is 20.5. The van der Waals surface area contributed by atoms with Crippen molar-refractivity contribution in [2.24, 2.45) is 0 Å². The van der Waals surface area contributed by atoms with Crippen LogP contribution in [0.5, 0.6) is 0 Å². The normalized spacial score (nSPS) is 10.8. The molecule has 0 radical (unpaired) electrons. The second-order valence-corrected chi connectivity index (χ2v) is 8.62. The molecule has 29 heavy (non-hydrogen) atoms. The van der Waals surface area contributed by atoms with Gasteiger partial charge in [0.15, 0.2) is 0 Å². The molecule has 0 saturated heterocycles. The number of nitrogens with zero attached hydrogens (tertiary/aromatic N) is 2. The van der Waals surface area contributed by atoms with Crippen molar-refractivity contribution < 1.29 is 9.85 Å². The Morgan fingerprint density at radius 2 is 1.21 bits per heavy atom. The standard InChI is InChI=1S/C19H16N4O4S2/c20-12-1-6-15(7-2-12)28-19(29-16-8-3-13(21)4-9-16)17-10-5-14(22(24)25)11-18(17)23(26)27/h1-11,19H,20-21H2. The Morgan fingerprint density at radius 1 is 0.724 bits per heavy atom. The molecule has 0 bridgehead atoms. The van der Waals surface area contributed by atoms with Crippen LogP contribution in [0.1, 0.15) is 10.1 Å². The monoisotopic (exact) mass is 428 g/mol. The zero-order valence-corrected chi connectivity index (χ0v) is 16.6. The average molecular weight is 428 g/mol. The summed E-state index contributed by atoms with van der Waals surface area (Å²) in [5.41, 5.74) is 12.4. The molecule has 0 atom stereocenters. The summed E-state index contributed by atoms with van der Waals surface area (Å²) < 4.78 is -0.427. The molecular weight excluding hydrogens is 412 g/mol. The maximum atomic E-state index is 11.6. The molecule has 3 rings (SSSR count). The van der Waals surface area contributed by atoms with Crippen LogP contribution in [0.15, 0.2) is 76.5 Å². The van der Waals surface area contributed by atoms with Crippen molar-refractivity contribution >= 4 is 46.3 Å². The molecule has 0 spiro atoms. The van der Waals surface area contributed by atoms with Gasteiger partial charge >= 0.3 is 0 Å². The number of nitro groups is 2. The van der Waals surface area contributed by atoms with Crippen LogP contribution in [-0.4, -0.2) is 9.85 Å². The lowest BCUT2D eigenvalue weighted by Crippen LogP contribution is -2.00. The van der Waals surface area contributed by atoms with Crippen LogP contribution in [0.2, 0.25) is 0 Å². The molecule has 0 aliphatic rings. The van der Waals surface area contributed by atoms with Crippen LogP contribution in [-0.2, 0) is 0 Å². The first-order chi connectivity index (χ1) is 13.8. The third kappa shape index (κ3) is 5.18. The summed E-state index contributed by atoms with van der Waals surface area (Å²) >= 11 is 2.79. The average Bonchev–Trinajstić information content (AvgIpc) is 2.70. The highest BCUT2D eigenvalue weighted by atomic mass is 32.2. The highest BCUT2D eigenvalue weighted by molar-refractivity contribution is 8.16. The summed E-state index contributed by atoms with van der Waals surface area (Å²) in [7, 11) is 0. The number of nitrogens with two attached hydrogens (primary N) is 2. The third-order valence-electron chi connectivity index (χ3n) is 3.92. The number of nitro benzene ring substituents is 2. The van der Waals surface area contributed by atoms with Crippen molar-refractivity contribution in [1.82, 2.24) is 0 Å². The molecule has 10 heteroatoms. The van der Waals surface area contributed by atoms with E-state index in [4.69, 9.17) is 11.5 Å². The molecule has 0 aliphatic heterocycles. The van der Waals surface area contributed by atoms with Gasteiger partial charge in [0.1, 0.15) is 0 Å². The minimum Gasteiger partial charge on any atom is -0.399 e. The quantitative estimate of drug-likeness (QED) is 0.171. The smallest absolute Gasteiger partial charge is 0.281 e. The summed E-state index contributed by atoms with van der Waals surface area (Å²) in [5.74, 6) is 0. The predicted octanol–water partition coefficient (Wildman–Crippen LogP) is 5.25. The first-order valence-corrected chi connectivity index (χ1v) is 10.1. The number of hydrogen-bond acceptors (Lipinski definition) is 8. The number of hydrogen-bond donors (Lipinski definition) is 2. The van der Waals surface area contributed by atoms with Gasteiger partial charge in [-0.3, -0.25) is 20.2 Å². The minimum absolute atomic E-state index is 0.296. The van der Waals surface area contributed by atoms with Crippen molar-refractivity contribution in [3.05, 3.63) is 92.5 Å². The highest BCUT2D eigenvalue weighted by Gasteiger charge is 2.27. The molecule has 0 aromatic heterocycles. The largest absolute Gasteiger partial charge is 0.399 e. The maximum absolute atomic E-state index is 11.6. The van der Waals surface area contributed by atoms with Gasteiger partial charge in [-0.15, -0.1) is 23.5 Å². The molecule has 3 aromatic rings. The lowest BCUT2D eigenvalue weighted by Gasteiger charge is -2.17. The molecule has 4 N–H and O–H groups in total. The Bertz CT molecular complexity index is 996. The molecule has 0 heterocycles. The zero-order chi connectivity index (χ0) is 21.0. The third-order valence-corrected chi connectivity index (χ3v) is 6.52. The van der Waals surface area contributed by atoms with E-state index in [0.29, 0.717) is 16.9 Å². The van der Waals surface area contributed by atoms with Gasteiger partial charge in [0.05, 0.1) is 26.1 Å². The summed E-state index contributed by atoms with van der Waals surface area (Å²) in [4.78, 5) is 23.2. The van der Waals surface area contributed by atoms with Crippen molar-refractivity contribution in [3.8, 4) is 0 Å². The summed E-state index contributed by atoms with van der Waals surface area (Å²) in [6.45, 7) is 0. The van der Waals surface area contributed by atoms with Crippen LogP contribution in [0, 0.1) is 20.2 Å². The van der Waals surface area contributed by atoms with Crippen molar-refractivity contribution in [3.63, 3.8) is 0 Å². The van der Waals surface area contributed by atoms with Crippen LogP contribution in [0.3, 0.4) is 0 Å². The van der Waals surface area contributed by atoms with E-state index in [1.807, 2.05) is 24.3 Å². The molecule has 3 aromatic carbocycles. The second kappa shape index (κ2) is 8.84. The summed E-state index contributed by atoms with van der Waals surface area (Å²) in [6.07, 6.45) is 0. The number of nitrogen functional groups attached to an aromatic ring is 2. The van der Waals surface area contributed by atoms with Gasteiger partial charge in [0.25, 0.3) is 11.4 Å². The van der Waals surface area contributed by atoms with E-state index < -0.39 is 14.4 Å². The molecule has 0 amide bonds. The predicted molar refractivity (Wildman–Crippen MR) is 116 cm³/mol. The van der Waals surface area contributed by atoms with E-state index in [-0.39, 0.29) is 11.4 Å². The van der Waals surface area contributed by atoms with Gasteiger partial charge in [0, 0.05) is 27.2 Å². The lowest BCUT2D eigenvalue weighted by molar-refractivity contribution is -0.394. The fourth-order valence-electron chi connectivity index (χ4n) is 2.49. The van der Waals surface area contributed by atoms with Crippen LogP contribution in [0.4, 0.5) is 22.7 Å². The topological polar surface area (TPSA) is 138 Å². The Hall–Kier alpha value is -3.24. The molecule has 0 unspecified atom stereocenters. The Kier molecular flexibility index (Phi) is 6.25. The van der Waals surface area contributed by atoms with Crippen LogP contribution in [0.25, 0.3) is 0 Å². The number of anilines is 2. The Balaban J connectivity index is 2.03. The number of thioether (sulfide) groups is 2. The molecular formula is C19H16N4O4S2. The molecule has 148 valence electrons. The van der Waals surface area contributed by atoms with E-state index in [1.165, 1.54) is 35.7 Å². The van der Waals surface area contributed by atoms with E-state index in [1.54, 1.807) is 24.3 Å². The SMILES string of the molecule is Nc1ccc(SC(Sc2ccc(N)cc2)c2ccc([N+](=O)[O-])cc2[N+](=O)[O-])cc1. The number of non-ortho nitro benzene ring substituents is 1. The van der Waals surface area contributed by atoms with Crippen molar-refractivity contribution in [2.45, 2.75) is 14.4 Å². The van der Waals surface area contributed by atoms with E-state index in [2.05, 4.69) is 0 Å². The fraction of sp³-hybridized carbons (Fsp3) is 0.0526. The summed E-state index contributed by atoms with van der Waals surface area (Å²) in [5, 5.41) is 22.7. The van der Waals surface area contributed by atoms with Gasteiger partial charge in [-0.25, -0.2) is 0 Å². The molecule has 8 nitrogen and oxygen atoms in total. The van der Waals surface area contributed by atoms with Gasteiger partial charge in [0.2, 0.25) is 0 Å². The molecule has 0 aliphatic carbocycles. The van der Waals surface area contributed by atoms with Crippen molar-refractivity contribution in [2.75, 3.05) is 11.5 Å². The first-order valence-electron chi connectivity index (χ1n) is 8.30.